The average Bonchev–Trinajstić information content (AvgIpc) is 3.12. The van der Waals surface area contributed by atoms with Crippen LogP contribution in [-0.4, -0.2) is 75.6 Å². The molecular formula is C25H42N2O6Si. The van der Waals surface area contributed by atoms with Gasteiger partial charge < -0.3 is 19.2 Å². The molecule has 2 amide bonds. The van der Waals surface area contributed by atoms with Gasteiger partial charge in [-0.2, -0.15) is 0 Å². The van der Waals surface area contributed by atoms with E-state index in [1.54, 1.807) is 18.9 Å². The van der Waals surface area contributed by atoms with Crippen LogP contribution in [0.2, 0.25) is 18.1 Å². The third kappa shape index (κ3) is 6.58. The fourth-order valence-corrected chi connectivity index (χ4v) is 5.64. The predicted molar refractivity (Wildman–Crippen MR) is 134 cm³/mol. The van der Waals surface area contributed by atoms with Gasteiger partial charge in [-0.1, -0.05) is 39.5 Å². The minimum absolute atomic E-state index is 0.0339. The van der Waals surface area contributed by atoms with Crippen LogP contribution < -0.4 is 5.32 Å². The Morgan fingerprint density at radius 2 is 1.97 bits per heavy atom. The summed E-state index contributed by atoms with van der Waals surface area (Å²) in [6.07, 6.45) is 3.27. The van der Waals surface area contributed by atoms with Gasteiger partial charge in [0.15, 0.2) is 14.1 Å². The molecule has 0 aromatic carbocycles. The van der Waals surface area contributed by atoms with Gasteiger partial charge >= 0.3 is 6.09 Å². The molecule has 0 aromatic heterocycles. The van der Waals surface area contributed by atoms with E-state index in [9.17, 15) is 14.4 Å². The van der Waals surface area contributed by atoms with Crippen LogP contribution in [0.1, 0.15) is 47.5 Å². The first-order chi connectivity index (χ1) is 15.7. The van der Waals surface area contributed by atoms with E-state index >= 15 is 0 Å². The molecule has 0 unspecified atom stereocenters. The van der Waals surface area contributed by atoms with Crippen LogP contribution in [0.3, 0.4) is 0 Å². The number of ketones is 1. The number of nitrogens with zero attached hydrogens (tertiary/aromatic N) is 1. The molecule has 34 heavy (non-hydrogen) atoms. The number of Topliss-reactive ketones (excluding diaryl/α,β-unsaturated/α-hetero) is 1. The van der Waals surface area contributed by atoms with E-state index < -0.39 is 14.4 Å². The molecule has 0 radical (unpaired) electrons. The summed E-state index contributed by atoms with van der Waals surface area (Å²) in [6, 6.07) is -0.550. The number of methoxy groups -OCH3 is 1. The highest BCUT2D eigenvalue weighted by Crippen LogP contribution is 2.39. The minimum Gasteiger partial charge on any atom is -0.445 e. The summed E-state index contributed by atoms with van der Waals surface area (Å²) in [5, 5.41) is 2.91. The summed E-state index contributed by atoms with van der Waals surface area (Å²) in [6.45, 7) is 18.6. The van der Waals surface area contributed by atoms with Gasteiger partial charge in [-0.15, -0.1) is 0 Å². The number of amides is 2. The fourth-order valence-electron chi connectivity index (χ4n) is 4.21. The number of hydrogen-bond donors (Lipinski definition) is 1. The first-order valence-corrected chi connectivity index (χ1v) is 14.9. The highest BCUT2D eigenvalue weighted by Gasteiger charge is 2.48. The Morgan fingerprint density at radius 1 is 1.32 bits per heavy atom. The van der Waals surface area contributed by atoms with Crippen molar-refractivity contribution in [2.75, 3.05) is 20.3 Å². The molecule has 9 heteroatoms. The first kappa shape index (κ1) is 28.3. The zero-order chi connectivity index (χ0) is 25.8. The number of likely N-dealkylation sites (tertiary alicyclic amines) is 1. The molecular weight excluding hydrogens is 452 g/mol. The van der Waals surface area contributed by atoms with Crippen molar-refractivity contribution in [3.05, 3.63) is 24.3 Å². The van der Waals surface area contributed by atoms with Crippen molar-refractivity contribution in [2.24, 2.45) is 5.92 Å². The van der Waals surface area contributed by atoms with Gasteiger partial charge in [0.1, 0.15) is 6.61 Å². The number of hydrogen-bond acceptors (Lipinski definition) is 6. The second-order valence-electron chi connectivity index (χ2n) is 10.9. The Kier molecular flexibility index (Phi) is 9.29. The molecule has 2 aliphatic heterocycles. The van der Waals surface area contributed by atoms with E-state index in [4.69, 9.17) is 13.9 Å². The largest absolute Gasteiger partial charge is 0.445 e. The van der Waals surface area contributed by atoms with Crippen LogP contribution in [0.4, 0.5) is 4.79 Å². The molecule has 2 heterocycles. The number of carbonyl (C=O) groups excluding carboxylic acids is 3. The fraction of sp³-hybridized carbons (Fsp3) is 0.720. The van der Waals surface area contributed by atoms with Gasteiger partial charge in [-0.25, -0.2) is 4.79 Å². The molecule has 2 fully saturated rings. The maximum absolute atomic E-state index is 13.0. The predicted octanol–water partition coefficient (Wildman–Crippen LogP) is 3.83. The van der Waals surface area contributed by atoms with Crippen molar-refractivity contribution >= 4 is 26.1 Å². The standard InChI is InChI=1S/C25H42N2O6Si/c1-10-11-32-24(30)27-15-19(31-7)13-18(27)12-16(2)21(28)14-20-22(23(29)26-20)17(3)33-34(8,9)25(4,5)6/h10,12,17-20,22H,1,11,13-15H2,2-9H3,(H,26,29)/t17-,18-,19+,20-,22-/m1/s1. The monoisotopic (exact) mass is 494 g/mol. The van der Waals surface area contributed by atoms with Crippen LogP contribution in [0.5, 0.6) is 0 Å². The number of β-lactam (4-membered cyclic amide) rings is 1. The van der Waals surface area contributed by atoms with Gasteiger partial charge in [-0.05, 0) is 44.0 Å². The SMILES string of the molecule is C=CCOC(=O)N1C[C@@H](OC)C[C@H]1C=C(C)C(=O)C[C@H]1NC(=O)[C@@H]1[C@@H](C)O[Si](C)(C)C(C)(C)C. The summed E-state index contributed by atoms with van der Waals surface area (Å²) in [5.41, 5.74) is 0.557. The number of allylic oxidation sites excluding steroid dienone is 1. The topological polar surface area (TPSA) is 94.2 Å². The van der Waals surface area contributed by atoms with Gasteiger partial charge in [0.25, 0.3) is 0 Å². The van der Waals surface area contributed by atoms with Crippen LogP contribution in [0, 0.1) is 5.92 Å². The van der Waals surface area contributed by atoms with E-state index in [1.165, 1.54) is 6.08 Å². The highest BCUT2D eigenvalue weighted by atomic mass is 28.4. The molecule has 0 aromatic rings. The molecule has 2 saturated heterocycles. The third-order valence-corrected chi connectivity index (χ3v) is 11.9. The molecule has 0 saturated carbocycles. The maximum atomic E-state index is 13.0. The van der Waals surface area contributed by atoms with Crippen molar-refractivity contribution in [2.45, 2.75) is 89.9 Å². The quantitative estimate of drug-likeness (QED) is 0.215. The van der Waals surface area contributed by atoms with E-state index in [1.807, 2.05) is 13.0 Å². The molecule has 0 spiro atoms. The normalized spacial score (nSPS) is 26.5. The van der Waals surface area contributed by atoms with Crippen LogP contribution in [0.25, 0.3) is 0 Å². The molecule has 8 nitrogen and oxygen atoms in total. The van der Waals surface area contributed by atoms with E-state index in [-0.39, 0.29) is 60.0 Å². The highest BCUT2D eigenvalue weighted by molar-refractivity contribution is 6.74. The van der Waals surface area contributed by atoms with Crippen molar-refractivity contribution in [1.29, 1.82) is 0 Å². The lowest BCUT2D eigenvalue weighted by molar-refractivity contribution is -0.141. The van der Waals surface area contributed by atoms with Gasteiger partial charge in [0.2, 0.25) is 5.91 Å². The van der Waals surface area contributed by atoms with Gasteiger partial charge in [-0.3, -0.25) is 14.5 Å². The molecule has 2 rings (SSSR count). The van der Waals surface area contributed by atoms with E-state index in [2.05, 4.69) is 45.8 Å². The van der Waals surface area contributed by atoms with Crippen molar-refractivity contribution in [3.63, 3.8) is 0 Å². The lowest BCUT2D eigenvalue weighted by Crippen LogP contribution is -2.64. The second kappa shape index (κ2) is 11.2. The molecule has 0 bridgehead atoms. The second-order valence-corrected chi connectivity index (χ2v) is 15.6. The van der Waals surface area contributed by atoms with E-state index in [0.29, 0.717) is 18.5 Å². The number of nitrogens with one attached hydrogen (secondary N) is 1. The van der Waals surface area contributed by atoms with Crippen molar-refractivity contribution in [3.8, 4) is 0 Å². The number of ether oxygens (including phenoxy) is 2. The number of carbonyl (C=O) groups is 3. The molecule has 0 aliphatic carbocycles. The average molecular weight is 495 g/mol. The molecule has 192 valence electrons. The Hall–Kier alpha value is -1.97. The Bertz CT molecular complexity index is 819. The summed E-state index contributed by atoms with van der Waals surface area (Å²) in [7, 11) is -0.435. The van der Waals surface area contributed by atoms with Gasteiger partial charge in [0, 0.05) is 13.5 Å². The molecule has 2 aliphatic rings. The third-order valence-electron chi connectivity index (χ3n) is 7.34. The zero-order valence-electron chi connectivity index (χ0n) is 22.0. The van der Waals surface area contributed by atoms with Crippen LogP contribution >= 0.6 is 0 Å². The van der Waals surface area contributed by atoms with Crippen LogP contribution in [0.15, 0.2) is 24.3 Å². The Morgan fingerprint density at radius 3 is 2.50 bits per heavy atom. The maximum Gasteiger partial charge on any atom is 0.410 e. The lowest BCUT2D eigenvalue weighted by Gasteiger charge is -2.45. The zero-order valence-corrected chi connectivity index (χ0v) is 23.0. The molecule has 1 N–H and O–H groups in total. The Balaban J connectivity index is 2.05. The summed E-state index contributed by atoms with van der Waals surface area (Å²) < 4.78 is 17.0. The minimum atomic E-state index is -2.04. The van der Waals surface area contributed by atoms with Gasteiger partial charge in [0.05, 0.1) is 36.8 Å². The van der Waals surface area contributed by atoms with Crippen LogP contribution in [-0.2, 0) is 23.5 Å². The summed E-state index contributed by atoms with van der Waals surface area (Å²) in [5.74, 6) is -0.476. The van der Waals surface area contributed by atoms with Crippen molar-refractivity contribution < 1.29 is 28.3 Å². The smallest absolute Gasteiger partial charge is 0.410 e. The van der Waals surface area contributed by atoms with E-state index in [0.717, 1.165) is 0 Å². The first-order valence-electron chi connectivity index (χ1n) is 12.0. The lowest BCUT2D eigenvalue weighted by atomic mass is 9.82. The summed E-state index contributed by atoms with van der Waals surface area (Å²) in [4.78, 5) is 39.4. The summed E-state index contributed by atoms with van der Waals surface area (Å²) >= 11 is 0. The Labute approximate surface area is 205 Å². The number of rotatable bonds is 10. The molecule has 5 atom stereocenters. The van der Waals surface area contributed by atoms with Crippen molar-refractivity contribution in [1.82, 2.24) is 10.2 Å².